The Morgan fingerprint density at radius 2 is 1.84 bits per heavy atom. The molecule has 1 saturated carbocycles. The molecule has 1 aliphatic carbocycles. The van der Waals surface area contributed by atoms with Gasteiger partial charge in [-0.15, -0.1) is 0 Å². The predicted octanol–water partition coefficient (Wildman–Crippen LogP) is 1.84. The van der Waals surface area contributed by atoms with Gasteiger partial charge in [-0.1, -0.05) is 33.1 Å². The van der Waals surface area contributed by atoms with Crippen LogP contribution in [0.4, 0.5) is 0 Å². The highest BCUT2D eigenvalue weighted by Gasteiger charge is 2.25. The molecule has 1 atom stereocenters. The van der Waals surface area contributed by atoms with Gasteiger partial charge in [0.25, 0.3) is 0 Å². The number of hydrogen-bond donors (Lipinski definition) is 3. The van der Waals surface area contributed by atoms with Gasteiger partial charge < -0.3 is 20.3 Å². The molecule has 0 saturated heterocycles. The lowest BCUT2D eigenvalue weighted by molar-refractivity contribution is -0.0262. The quantitative estimate of drug-likeness (QED) is 0.600. The maximum Gasteiger partial charge on any atom is 0.0898 e. The molecule has 0 heterocycles. The van der Waals surface area contributed by atoms with Gasteiger partial charge in [-0.2, -0.15) is 0 Å². The van der Waals surface area contributed by atoms with E-state index in [1.807, 2.05) is 0 Å². The highest BCUT2D eigenvalue weighted by atomic mass is 16.5. The Balaban J connectivity index is 2.20. The van der Waals surface area contributed by atoms with Crippen molar-refractivity contribution in [3.63, 3.8) is 0 Å². The molecule has 0 amide bonds. The van der Waals surface area contributed by atoms with Crippen LogP contribution in [0.15, 0.2) is 0 Å². The van der Waals surface area contributed by atoms with Gasteiger partial charge in [0, 0.05) is 12.1 Å². The Kier molecular flexibility index (Phi) is 7.91. The lowest BCUT2D eigenvalue weighted by Gasteiger charge is -2.32. The third-order valence-corrected chi connectivity index (χ3v) is 4.45. The van der Waals surface area contributed by atoms with E-state index in [0.717, 1.165) is 25.7 Å². The van der Waals surface area contributed by atoms with Gasteiger partial charge >= 0.3 is 0 Å². The zero-order valence-corrected chi connectivity index (χ0v) is 12.5. The van der Waals surface area contributed by atoms with Crippen LogP contribution in [0.3, 0.4) is 0 Å². The second-order valence-corrected chi connectivity index (χ2v) is 5.77. The van der Waals surface area contributed by atoms with Crippen molar-refractivity contribution in [1.29, 1.82) is 0 Å². The summed E-state index contributed by atoms with van der Waals surface area (Å²) in [5, 5.41) is 22.7. The molecule has 0 radical (unpaired) electrons. The lowest BCUT2D eigenvalue weighted by atomic mass is 9.94. The van der Waals surface area contributed by atoms with Gasteiger partial charge in [0.1, 0.15) is 0 Å². The van der Waals surface area contributed by atoms with Crippen molar-refractivity contribution in [2.75, 3.05) is 19.8 Å². The maximum absolute atomic E-state index is 9.96. The minimum atomic E-state index is -0.494. The van der Waals surface area contributed by atoms with Gasteiger partial charge in [-0.3, -0.25) is 0 Å². The Hall–Kier alpha value is -0.160. The highest BCUT2D eigenvalue weighted by molar-refractivity contribution is 4.85. The van der Waals surface area contributed by atoms with Crippen molar-refractivity contribution in [1.82, 2.24) is 5.32 Å². The Labute approximate surface area is 117 Å². The van der Waals surface area contributed by atoms with Crippen LogP contribution in [0.2, 0.25) is 0 Å². The second kappa shape index (κ2) is 8.90. The van der Waals surface area contributed by atoms with Gasteiger partial charge in [0.15, 0.2) is 0 Å². The molecule has 1 fully saturated rings. The molecule has 0 spiro atoms. The molecule has 0 aliphatic heterocycles. The third-order valence-electron chi connectivity index (χ3n) is 4.45. The van der Waals surface area contributed by atoms with E-state index < -0.39 is 6.10 Å². The van der Waals surface area contributed by atoms with Crippen LogP contribution < -0.4 is 5.32 Å². The van der Waals surface area contributed by atoms with E-state index in [1.54, 1.807) is 0 Å². The first-order valence-electron chi connectivity index (χ1n) is 7.81. The van der Waals surface area contributed by atoms with E-state index in [4.69, 9.17) is 4.74 Å². The number of β-amino-alcohol motifs (C(OH)–C–C–N with tert-alkyl or cyclic N) is 1. The van der Waals surface area contributed by atoms with Crippen LogP contribution >= 0.6 is 0 Å². The Morgan fingerprint density at radius 3 is 2.37 bits per heavy atom. The number of hydrogen-bond acceptors (Lipinski definition) is 4. The van der Waals surface area contributed by atoms with E-state index in [1.165, 1.54) is 19.3 Å². The van der Waals surface area contributed by atoms with Gasteiger partial charge in [0.05, 0.1) is 25.4 Å². The van der Waals surface area contributed by atoms with Crippen molar-refractivity contribution in [3.8, 4) is 0 Å². The average molecular weight is 273 g/mol. The van der Waals surface area contributed by atoms with Crippen molar-refractivity contribution < 1.29 is 14.9 Å². The smallest absolute Gasteiger partial charge is 0.0898 e. The SMILES string of the molecule is CCC(CC)(CO)NCC(O)COC1CCCCC1. The molecule has 0 bridgehead atoms. The van der Waals surface area contributed by atoms with Crippen LogP contribution in [-0.2, 0) is 4.74 Å². The third kappa shape index (κ3) is 5.78. The van der Waals surface area contributed by atoms with Gasteiger partial charge in [-0.05, 0) is 25.7 Å². The topological polar surface area (TPSA) is 61.7 Å². The standard InChI is InChI=1S/C15H31NO3/c1-3-15(4-2,12-17)16-10-13(18)11-19-14-8-6-5-7-9-14/h13-14,16-18H,3-12H2,1-2H3. The van der Waals surface area contributed by atoms with Crippen molar-refractivity contribution in [2.45, 2.75) is 76.5 Å². The zero-order chi connectivity index (χ0) is 14.1. The average Bonchev–Trinajstić information content (AvgIpc) is 2.48. The monoisotopic (exact) mass is 273 g/mol. The van der Waals surface area contributed by atoms with Crippen molar-refractivity contribution >= 4 is 0 Å². The Morgan fingerprint density at radius 1 is 1.21 bits per heavy atom. The fourth-order valence-corrected chi connectivity index (χ4v) is 2.65. The van der Waals surface area contributed by atoms with E-state index in [2.05, 4.69) is 19.2 Å². The molecule has 0 aromatic heterocycles. The van der Waals surface area contributed by atoms with E-state index in [0.29, 0.717) is 19.3 Å². The van der Waals surface area contributed by atoms with Gasteiger partial charge in [0.2, 0.25) is 0 Å². The van der Waals surface area contributed by atoms with Gasteiger partial charge in [-0.25, -0.2) is 0 Å². The normalized spacial score (nSPS) is 19.6. The molecule has 1 rings (SSSR count). The number of aliphatic hydroxyl groups excluding tert-OH is 2. The first kappa shape index (κ1) is 16.9. The summed E-state index contributed by atoms with van der Waals surface area (Å²) in [6.07, 6.45) is 7.63. The molecule has 4 heteroatoms. The highest BCUT2D eigenvalue weighted by Crippen LogP contribution is 2.20. The summed E-state index contributed by atoms with van der Waals surface area (Å²) in [5.74, 6) is 0. The molecule has 4 nitrogen and oxygen atoms in total. The first-order chi connectivity index (χ1) is 9.15. The van der Waals surface area contributed by atoms with E-state index in [9.17, 15) is 10.2 Å². The molecule has 1 aliphatic rings. The number of ether oxygens (including phenoxy) is 1. The summed E-state index contributed by atoms with van der Waals surface area (Å²) >= 11 is 0. The summed E-state index contributed by atoms with van der Waals surface area (Å²) in [5.41, 5.74) is -0.258. The molecule has 3 N–H and O–H groups in total. The minimum absolute atomic E-state index is 0.107. The number of rotatable bonds is 9. The largest absolute Gasteiger partial charge is 0.394 e. The Bertz CT molecular complexity index is 217. The van der Waals surface area contributed by atoms with Crippen LogP contribution in [0.25, 0.3) is 0 Å². The summed E-state index contributed by atoms with van der Waals surface area (Å²) in [6.45, 7) is 5.09. The fraction of sp³-hybridized carbons (Fsp3) is 1.00. The zero-order valence-electron chi connectivity index (χ0n) is 12.5. The summed E-state index contributed by atoms with van der Waals surface area (Å²) in [4.78, 5) is 0. The predicted molar refractivity (Wildman–Crippen MR) is 77.2 cm³/mol. The number of nitrogens with one attached hydrogen (secondary N) is 1. The van der Waals surface area contributed by atoms with Crippen molar-refractivity contribution in [2.24, 2.45) is 0 Å². The van der Waals surface area contributed by atoms with Crippen LogP contribution in [0.5, 0.6) is 0 Å². The molecule has 19 heavy (non-hydrogen) atoms. The molecule has 1 unspecified atom stereocenters. The summed E-state index contributed by atoms with van der Waals surface area (Å²) in [7, 11) is 0. The van der Waals surface area contributed by atoms with Crippen molar-refractivity contribution in [3.05, 3.63) is 0 Å². The molecular formula is C15H31NO3. The number of aliphatic hydroxyl groups is 2. The van der Waals surface area contributed by atoms with E-state index >= 15 is 0 Å². The lowest BCUT2D eigenvalue weighted by Crippen LogP contribution is -2.50. The van der Waals surface area contributed by atoms with Crippen LogP contribution in [-0.4, -0.2) is 47.7 Å². The molecule has 114 valence electrons. The molecule has 0 aromatic rings. The van der Waals surface area contributed by atoms with Crippen LogP contribution in [0, 0.1) is 0 Å². The van der Waals surface area contributed by atoms with E-state index in [-0.39, 0.29) is 12.1 Å². The van der Waals surface area contributed by atoms with Crippen LogP contribution in [0.1, 0.15) is 58.8 Å². The first-order valence-corrected chi connectivity index (χ1v) is 7.81. The molecule has 0 aromatic carbocycles. The minimum Gasteiger partial charge on any atom is -0.394 e. The maximum atomic E-state index is 9.96. The summed E-state index contributed by atoms with van der Waals surface area (Å²) in [6, 6.07) is 0. The summed E-state index contributed by atoms with van der Waals surface area (Å²) < 4.78 is 5.76. The fourth-order valence-electron chi connectivity index (χ4n) is 2.65. The molecular weight excluding hydrogens is 242 g/mol. The second-order valence-electron chi connectivity index (χ2n) is 5.77.